The first-order valence-electron chi connectivity index (χ1n) is 10.4. The van der Waals surface area contributed by atoms with Crippen LogP contribution in [0.15, 0.2) is 39.9 Å². The third kappa shape index (κ3) is 5.25. The molecule has 1 aromatic heterocycles. The molecule has 0 aliphatic heterocycles. The van der Waals surface area contributed by atoms with Crippen molar-refractivity contribution < 1.29 is 9.53 Å². The molecule has 3 N–H and O–H groups in total. The van der Waals surface area contributed by atoms with E-state index in [1.807, 2.05) is 30.3 Å². The highest BCUT2D eigenvalue weighted by Gasteiger charge is 2.26. The Hall–Kier alpha value is -2.71. The van der Waals surface area contributed by atoms with Crippen molar-refractivity contribution >= 4 is 11.6 Å². The second-order valence-electron chi connectivity index (χ2n) is 7.77. The van der Waals surface area contributed by atoms with Gasteiger partial charge in [-0.2, -0.15) is 0 Å². The summed E-state index contributed by atoms with van der Waals surface area (Å²) in [7, 11) is 1.50. The van der Waals surface area contributed by atoms with Crippen LogP contribution in [0.5, 0.6) is 0 Å². The largest absolute Gasteiger partial charge is 0.384 e. The third-order valence-corrected chi connectivity index (χ3v) is 5.70. The lowest BCUT2D eigenvalue weighted by atomic mass is 9.93. The van der Waals surface area contributed by atoms with Gasteiger partial charge in [0.1, 0.15) is 11.4 Å². The molecule has 162 valence electrons. The Bertz CT molecular complexity index is 961. The minimum absolute atomic E-state index is 0.0787. The normalized spacial score (nSPS) is 14.9. The summed E-state index contributed by atoms with van der Waals surface area (Å²) < 4.78 is 6.18. The number of hydrogen-bond acceptors (Lipinski definition) is 6. The lowest BCUT2D eigenvalue weighted by molar-refractivity contribution is 0.0842. The monoisotopic (exact) mass is 414 g/mol. The minimum atomic E-state index is -0.737. The van der Waals surface area contributed by atoms with Crippen LogP contribution in [-0.2, 0) is 17.8 Å². The number of carbonyl (C=O) groups is 1. The predicted octanol–water partition coefficient (Wildman–Crippen LogP) is 1.78. The highest BCUT2D eigenvalue weighted by Crippen LogP contribution is 2.24. The van der Waals surface area contributed by atoms with Gasteiger partial charge in [-0.15, -0.1) is 0 Å². The van der Waals surface area contributed by atoms with E-state index in [1.54, 1.807) is 0 Å². The number of benzene rings is 1. The van der Waals surface area contributed by atoms with Crippen LogP contribution in [0.4, 0.5) is 5.82 Å². The summed E-state index contributed by atoms with van der Waals surface area (Å²) in [6.45, 7) is 1.11. The maximum atomic E-state index is 13.2. The number of hydrogen-bond donors (Lipinski definition) is 2. The molecule has 1 aromatic carbocycles. The molecular formula is C22H30N4O4. The third-order valence-electron chi connectivity index (χ3n) is 5.70. The van der Waals surface area contributed by atoms with E-state index in [0.29, 0.717) is 6.54 Å². The summed E-state index contributed by atoms with van der Waals surface area (Å²) in [6.07, 6.45) is 5.53. The smallest absolute Gasteiger partial charge is 0.330 e. The van der Waals surface area contributed by atoms with E-state index in [9.17, 15) is 14.4 Å². The van der Waals surface area contributed by atoms with Crippen LogP contribution in [0.2, 0.25) is 0 Å². The number of nitrogens with two attached hydrogens (primary N) is 1. The maximum Gasteiger partial charge on any atom is 0.330 e. The van der Waals surface area contributed by atoms with Crippen LogP contribution in [0.25, 0.3) is 0 Å². The Morgan fingerprint density at radius 1 is 1.20 bits per heavy atom. The van der Waals surface area contributed by atoms with Gasteiger partial charge in [-0.3, -0.25) is 24.0 Å². The standard InChI is InChI=1S/C22H30N4O4/c1-30-13-12-26-20(23)19(21(28)24-22(26)29)18(27)15-25(17-10-6-3-7-11-17)14-16-8-4-2-5-9-16/h2,4-5,8-9,17H,3,6-7,10-15,23H2,1H3,(H,24,28,29). The molecule has 1 aliphatic carbocycles. The van der Waals surface area contributed by atoms with Gasteiger partial charge in [-0.25, -0.2) is 4.79 Å². The number of anilines is 1. The Morgan fingerprint density at radius 2 is 1.90 bits per heavy atom. The number of Topliss-reactive ketones (excluding diaryl/α,β-unsaturated/α-hetero) is 1. The fourth-order valence-corrected chi connectivity index (χ4v) is 4.10. The van der Waals surface area contributed by atoms with E-state index in [0.717, 1.165) is 31.2 Å². The topological polar surface area (TPSA) is 110 Å². The molecule has 3 rings (SSSR count). The van der Waals surface area contributed by atoms with Gasteiger partial charge in [0.05, 0.1) is 19.7 Å². The zero-order valence-corrected chi connectivity index (χ0v) is 17.4. The van der Waals surface area contributed by atoms with Crippen molar-refractivity contribution in [3.05, 3.63) is 62.3 Å². The van der Waals surface area contributed by atoms with E-state index in [2.05, 4.69) is 9.88 Å². The first-order chi connectivity index (χ1) is 14.5. The zero-order valence-electron chi connectivity index (χ0n) is 17.4. The second kappa shape index (κ2) is 10.4. The van der Waals surface area contributed by atoms with Crippen molar-refractivity contribution in [2.24, 2.45) is 0 Å². The predicted molar refractivity (Wildman–Crippen MR) is 116 cm³/mol. The molecule has 0 saturated heterocycles. The molecule has 1 saturated carbocycles. The number of aromatic amines is 1. The van der Waals surface area contributed by atoms with Gasteiger partial charge in [-0.1, -0.05) is 49.6 Å². The lowest BCUT2D eigenvalue weighted by Gasteiger charge is -2.34. The van der Waals surface area contributed by atoms with Crippen molar-refractivity contribution in [1.82, 2.24) is 14.5 Å². The summed E-state index contributed by atoms with van der Waals surface area (Å²) in [5, 5.41) is 0. The van der Waals surface area contributed by atoms with Crippen LogP contribution in [0.3, 0.4) is 0 Å². The number of ether oxygens (including phenoxy) is 1. The average molecular weight is 415 g/mol. The van der Waals surface area contributed by atoms with Gasteiger partial charge in [0.2, 0.25) is 0 Å². The number of ketones is 1. The van der Waals surface area contributed by atoms with Gasteiger partial charge in [0, 0.05) is 19.7 Å². The van der Waals surface area contributed by atoms with Crippen molar-refractivity contribution in [1.29, 1.82) is 0 Å². The maximum absolute atomic E-state index is 13.2. The fourth-order valence-electron chi connectivity index (χ4n) is 4.10. The molecular weight excluding hydrogens is 384 g/mol. The molecule has 0 unspecified atom stereocenters. The van der Waals surface area contributed by atoms with Crippen LogP contribution < -0.4 is 17.0 Å². The summed E-state index contributed by atoms with van der Waals surface area (Å²) in [6, 6.07) is 10.3. The molecule has 2 aromatic rings. The second-order valence-corrected chi connectivity index (χ2v) is 7.77. The lowest BCUT2D eigenvalue weighted by Crippen LogP contribution is -2.43. The van der Waals surface area contributed by atoms with E-state index in [1.165, 1.54) is 18.1 Å². The molecule has 0 amide bonds. The van der Waals surface area contributed by atoms with Crippen LogP contribution in [0.1, 0.15) is 48.0 Å². The molecule has 0 atom stereocenters. The highest BCUT2D eigenvalue weighted by atomic mass is 16.5. The molecule has 30 heavy (non-hydrogen) atoms. The fraction of sp³-hybridized carbons (Fsp3) is 0.500. The number of nitrogens with zero attached hydrogens (tertiary/aromatic N) is 2. The Kier molecular flexibility index (Phi) is 7.59. The minimum Gasteiger partial charge on any atom is -0.384 e. The SMILES string of the molecule is COCCn1c(N)c(C(=O)CN(Cc2ccccc2)C2CCCCC2)c(=O)[nH]c1=O. The van der Waals surface area contributed by atoms with Crippen LogP contribution in [0, 0.1) is 0 Å². The van der Waals surface area contributed by atoms with Gasteiger partial charge in [0.15, 0.2) is 5.78 Å². The Morgan fingerprint density at radius 3 is 2.57 bits per heavy atom. The van der Waals surface area contributed by atoms with Gasteiger partial charge >= 0.3 is 5.69 Å². The van der Waals surface area contributed by atoms with E-state index < -0.39 is 11.2 Å². The number of aromatic nitrogens is 2. The van der Waals surface area contributed by atoms with E-state index >= 15 is 0 Å². The molecule has 0 radical (unpaired) electrons. The summed E-state index contributed by atoms with van der Waals surface area (Å²) >= 11 is 0. The molecule has 1 heterocycles. The van der Waals surface area contributed by atoms with Gasteiger partial charge in [0.25, 0.3) is 5.56 Å². The quantitative estimate of drug-likeness (QED) is 0.605. The summed E-state index contributed by atoms with van der Waals surface area (Å²) in [5.41, 5.74) is 5.67. The van der Waals surface area contributed by atoms with E-state index in [-0.39, 0.29) is 42.9 Å². The average Bonchev–Trinajstić information content (AvgIpc) is 2.74. The van der Waals surface area contributed by atoms with Gasteiger partial charge < -0.3 is 10.5 Å². The van der Waals surface area contributed by atoms with E-state index in [4.69, 9.17) is 10.5 Å². The van der Waals surface area contributed by atoms with Gasteiger partial charge in [-0.05, 0) is 18.4 Å². The van der Waals surface area contributed by atoms with Crippen molar-refractivity contribution in [2.75, 3.05) is 26.0 Å². The zero-order chi connectivity index (χ0) is 21.5. The number of nitrogens with one attached hydrogen (secondary N) is 1. The Balaban J connectivity index is 1.88. The number of carbonyl (C=O) groups excluding carboxylic acids is 1. The van der Waals surface area contributed by atoms with Crippen molar-refractivity contribution in [2.45, 2.75) is 51.2 Å². The Labute approximate surface area is 175 Å². The number of nitrogen functional groups attached to an aromatic ring is 1. The van der Waals surface area contributed by atoms with Crippen molar-refractivity contribution in [3.63, 3.8) is 0 Å². The number of H-pyrrole nitrogens is 1. The first kappa shape index (κ1) is 22.0. The molecule has 1 fully saturated rings. The number of rotatable bonds is 9. The molecule has 8 heteroatoms. The molecule has 1 aliphatic rings. The van der Waals surface area contributed by atoms with Crippen LogP contribution >= 0.6 is 0 Å². The summed E-state index contributed by atoms with van der Waals surface area (Å²) in [4.78, 5) is 42.1. The highest BCUT2D eigenvalue weighted by molar-refractivity contribution is 6.01. The van der Waals surface area contributed by atoms with Crippen molar-refractivity contribution in [3.8, 4) is 0 Å². The number of methoxy groups -OCH3 is 1. The molecule has 8 nitrogen and oxygen atoms in total. The summed E-state index contributed by atoms with van der Waals surface area (Å²) in [5.74, 6) is -0.476. The molecule has 0 bridgehead atoms. The molecule has 0 spiro atoms. The van der Waals surface area contributed by atoms with Crippen LogP contribution in [-0.4, -0.2) is 46.5 Å². The first-order valence-corrected chi connectivity index (χ1v) is 10.4.